The molecule has 0 amide bonds. The standard InChI is InChI=1S/C10Br18/c11-1-2(12,5(17,18)9(25,26)7(21,22)3(1,13)14)6(19,20)10(27,28)8(23,24)4(1,15)16. The topological polar surface area (TPSA) is 0 Å². The van der Waals surface area contributed by atoms with Gasteiger partial charge in [-0.05, 0) is 0 Å². The maximum atomic E-state index is 4.12. The van der Waals surface area contributed by atoms with Crippen LogP contribution in [0.25, 0.3) is 0 Å². The average Bonchev–Trinajstić information content (AvgIpc) is 2.49. The van der Waals surface area contributed by atoms with Crippen molar-refractivity contribution in [3.8, 4) is 0 Å². The Bertz CT molecular complexity index is 587. The van der Waals surface area contributed by atoms with Gasteiger partial charge in [0.25, 0.3) is 0 Å². The zero-order chi connectivity index (χ0) is 23.0. The second kappa shape index (κ2) is 9.08. The van der Waals surface area contributed by atoms with Crippen LogP contribution in [-0.4, -0.2) is 34.5 Å². The van der Waals surface area contributed by atoms with Crippen molar-refractivity contribution in [3.05, 3.63) is 0 Å². The van der Waals surface area contributed by atoms with Crippen LogP contribution in [0.4, 0.5) is 0 Å². The molecule has 2 saturated carbocycles. The van der Waals surface area contributed by atoms with Crippen LogP contribution in [0, 0.1) is 0 Å². The Morgan fingerprint density at radius 2 is 0.286 bits per heavy atom. The second-order valence-corrected chi connectivity index (χ2v) is 35.8. The number of rotatable bonds is 0. The second-order valence-electron chi connectivity index (χ2n) is 5.91. The van der Waals surface area contributed by atoms with Crippen LogP contribution < -0.4 is 0 Å². The molecule has 0 saturated heterocycles. The number of alkyl halides is 18. The summed E-state index contributed by atoms with van der Waals surface area (Å²) in [6, 6.07) is 0. The highest BCUT2D eigenvalue weighted by Crippen LogP contribution is 2.92. The molecule has 0 aliphatic heterocycles. The molecule has 0 spiro atoms. The number of hydrogen-bond donors (Lipinski definition) is 0. The summed E-state index contributed by atoms with van der Waals surface area (Å²) in [7, 11) is 0. The third-order valence-corrected chi connectivity index (χ3v) is 44.7. The third kappa shape index (κ3) is 3.38. The van der Waals surface area contributed by atoms with Crippen molar-refractivity contribution in [2.24, 2.45) is 0 Å². The third-order valence-electron chi connectivity index (χ3n) is 4.57. The Hall–Kier alpha value is 8.64. The molecule has 0 bridgehead atoms. The molecule has 0 unspecified atom stereocenters. The molecule has 2 rings (SSSR count). The molecule has 2 fully saturated rings. The summed E-state index contributed by atoms with van der Waals surface area (Å²) in [5.41, 5.74) is 0. The SMILES string of the molecule is BrC1(Br)C(Br)(Br)C(Br)(Br)C2(Br)C(Br)(Br)C(Br)(Br)C(Br)(Br)C(Br)(Br)C2(Br)C1(Br)Br. The summed E-state index contributed by atoms with van der Waals surface area (Å²) in [4.78, 5) is 0. The first kappa shape index (κ1) is 32.8. The summed E-state index contributed by atoms with van der Waals surface area (Å²) >= 11 is 71.0. The summed E-state index contributed by atoms with van der Waals surface area (Å²) in [6.45, 7) is 0. The van der Waals surface area contributed by atoms with Gasteiger partial charge in [0.15, 0.2) is 0 Å². The Balaban J connectivity index is 3.23. The van der Waals surface area contributed by atoms with Crippen LogP contribution >= 0.6 is 287 Å². The molecule has 0 aromatic carbocycles. The summed E-state index contributed by atoms with van der Waals surface area (Å²) in [5.74, 6) is 0. The molecule has 28 heavy (non-hydrogen) atoms. The fraction of sp³-hybridized carbons (Fsp3) is 1.00. The number of hydrogen-bond acceptors (Lipinski definition) is 0. The number of fused-ring (bicyclic) bond motifs is 1. The molecule has 0 nitrogen and oxygen atoms in total. The molecule has 2 aliphatic carbocycles. The fourth-order valence-electron chi connectivity index (χ4n) is 2.91. The predicted octanol–water partition coefficient (Wildman–Crippen LogP) is 13.2. The lowest BCUT2D eigenvalue weighted by molar-refractivity contribution is 0.247. The van der Waals surface area contributed by atoms with Crippen molar-refractivity contribution in [2.75, 3.05) is 0 Å². The molecule has 0 radical (unpaired) electrons. The van der Waals surface area contributed by atoms with Gasteiger partial charge in [-0.3, -0.25) is 0 Å². The van der Waals surface area contributed by atoms with Gasteiger partial charge in [-0.2, -0.15) is 0 Å². The quantitative estimate of drug-likeness (QED) is 0.212. The smallest absolute Gasteiger partial charge is 0.0785 e. The average molecular weight is 1560 g/mol. The van der Waals surface area contributed by atoms with Crippen LogP contribution in [-0.2, 0) is 0 Å². The maximum Gasteiger partial charge on any atom is 0.134 e. The van der Waals surface area contributed by atoms with E-state index in [-0.39, 0.29) is 0 Å². The molecule has 18 heteroatoms. The van der Waals surface area contributed by atoms with Gasteiger partial charge in [0.05, 0.1) is 0 Å². The lowest BCUT2D eigenvalue weighted by Crippen LogP contribution is -2.93. The first-order chi connectivity index (χ1) is 11.8. The lowest BCUT2D eigenvalue weighted by atomic mass is 9.69. The molecular weight excluding hydrogens is 1560 g/mol. The van der Waals surface area contributed by atoms with Crippen molar-refractivity contribution >= 4 is 287 Å². The first-order valence-corrected chi connectivity index (χ1v) is 20.4. The first-order valence-electron chi connectivity index (χ1n) is 6.15. The zero-order valence-corrected chi connectivity index (χ0v) is 40.4. The normalized spacial score (nSPS) is 43.1. The van der Waals surface area contributed by atoms with E-state index in [0.717, 1.165) is 0 Å². The highest BCUT2D eigenvalue weighted by molar-refractivity contribution is 9.37. The van der Waals surface area contributed by atoms with Crippen molar-refractivity contribution in [2.45, 2.75) is 34.5 Å². The van der Waals surface area contributed by atoms with E-state index in [2.05, 4.69) is 287 Å². The lowest BCUT2D eigenvalue weighted by Gasteiger charge is -2.78. The van der Waals surface area contributed by atoms with Crippen LogP contribution in [0.5, 0.6) is 0 Å². The van der Waals surface area contributed by atoms with Crippen LogP contribution in [0.1, 0.15) is 0 Å². The molecule has 0 atom stereocenters. The van der Waals surface area contributed by atoms with E-state index in [9.17, 15) is 0 Å². The van der Waals surface area contributed by atoms with Crippen molar-refractivity contribution < 1.29 is 0 Å². The van der Waals surface area contributed by atoms with Gasteiger partial charge in [0.1, 0.15) is 34.5 Å². The highest BCUT2D eigenvalue weighted by Gasteiger charge is 2.97. The van der Waals surface area contributed by atoms with Gasteiger partial charge >= 0.3 is 0 Å². The van der Waals surface area contributed by atoms with Crippen LogP contribution in [0.3, 0.4) is 0 Å². The Morgan fingerprint density at radius 1 is 0.179 bits per heavy atom. The number of halogens is 18. The van der Waals surface area contributed by atoms with Gasteiger partial charge in [0.2, 0.25) is 0 Å². The molecule has 0 aromatic rings. The molecule has 0 N–H and O–H groups in total. The maximum absolute atomic E-state index is 4.12. The molecule has 166 valence electrons. The van der Waals surface area contributed by atoms with Crippen LogP contribution in [0.2, 0.25) is 0 Å². The van der Waals surface area contributed by atoms with E-state index in [1.54, 1.807) is 0 Å². The van der Waals surface area contributed by atoms with Crippen molar-refractivity contribution in [1.29, 1.82) is 0 Å². The van der Waals surface area contributed by atoms with Gasteiger partial charge < -0.3 is 0 Å². The highest BCUT2D eigenvalue weighted by atomic mass is 80.0. The van der Waals surface area contributed by atoms with Gasteiger partial charge in [-0.1, -0.05) is 287 Å². The summed E-state index contributed by atoms with van der Waals surface area (Å²) < 4.78 is -8.97. The van der Waals surface area contributed by atoms with E-state index in [1.165, 1.54) is 0 Å². The Morgan fingerprint density at radius 3 is 0.393 bits per heavy atom. The van der Waals surface area contributed by atoms with E-state index < -0.39 is 34.5 Å². The zero-order valence-electron chi connectivity index (χ0n) is 11.8. The minimum absolute atomic E-state index is 0.856. The molecule has 2 aliphatic rings. The summed E-state index contributed by atoms with van der Waals surface area (Å²) in [6.07, 6.45) is 0. The van der Waals surface area contributed by atoms with E-state index in [4.69, 9.17) is 0 Å². The Kier molecular flexibility index (Phi) is 10.6. The largest absolute Gasteiger partial charge is 0.134 e. The van der Waals surface area contributed by atoms with Gasteiger partial charge in [-0.15, -0.1) is 0 Å². The minimum Gasteiger partial charge on any atom is -0.0785 e. The van der Waals surface area contributed by atoms with Gasteiger partial charge in [-0.25, -0.2) is 0 Å². The van der Waals surface area contributed by atoms with Gasteiger partial charge in [0, 0.05) is 0 Å². The monoisotopic (exact) mass is 1540 g/mol. The fourth-order valence-corrected chi connectivity index (χ4v) is 27.8. The molecule has 0 heterocycles. The summed E-state index contributed by atoms with van der Waals surface area (Å²) in [5, 5.41) is 0. The van der Waals surface area contributed by atoms with E-state index in [1.807, 2.05) is 0 Å². The molecular formula is C10Br18. The van der Waals surface area contributed by atoms with Crippen LogP contribution in [0.15, 0.2) is 0 Å². The van der Waals surface area contributed by atoms with E-state index in [0.29, 0.717) is 0 Å². The minimum atomic E-state index is -0.948. The predicted molar refractivity (Wildman–Crippen MR) is 188 cm³/mol. The Labute approximate surface area is 314 Å². The van der Waals surface area contributed by atoms with Crippen molar-refractivity contribution in [1.82, 2.24) is 0 Å². The molecule has 0 aromatic heterocycles. The van der Waals surface area contributed by atoms with E-state index >= 15 is 0 Å². The van der Waals surface area contributed by atoms with Crippen molar-refractivity contribution in [3.63, 3.8) is 0 Å².